The molecule has 0 amide bonds. The second kappa shape index (κ2) is 7.62. The fourth-order valence-corrected chi connectivity index (χ4v) is 2.98. The van der Waals surface area contributed by atoms with Crippen LogP contribution in [0.25, 0.3) is 0 Å². The van der Waals surface area contributed by atoms with Crippen LogP contribution < -0.4 is 4.74 Å². The molecule has 0 aliphatic carbocycles. The van der Waals surface area contributed by atoms with Crippen molar-refractivity contribution in [1.82, 2.24) is 0 Å². The fourth-order valence-electron chi connectivity index (χ4n) is 1.97. The summed E-state index contributed by atoms with van der Waals surface area (Å²) in [5, 5.41) is 1.90. The number of hydrogen-bond acceptors (Lipinski definition) is 1. The van der Waals surface area contributed by atoms with Gasteiger partial charge in [0.05, 0.1) is 11.6 Å². The van der Waals surface area contributed by atoms with Crippen molar-refractivity contribution >= 4 is 39.1 Å². The zero-order valence-corrected chi connectivity index (χ0v) is 14.1. The molecule has 1 atom stereocenters. The van der Waals surface area contributed by atoms with Crippen molar-refractivity contribution in [2.75, 3.05) is 6.61 Å². The number of rotatable bonds is 6. The summed E-state index contributed by atoms with van der Waals surface area (Å²) in [6.07, 6.45) is 1.15. The second-order valence-electron chi connectivity index (χ2n) is 5.06. The Hall–Kier alpha value is 0.0800. The van der Waals surface area contributed by atoms with Crippen molar-refractivity contribution in [3.05, 3.63) is 27.7 Å². The van der Waals surface area contributed by atoms with E-state index in [1.807, 2.05) is 6.07 Å². The molecule has 1 nitrogen and oxygen atoms in total. The number of alkyl halides is 1. The van der Waals surface area contributed by atoms with E-state index in [-0.39, 0.29) is 0 Å². The van der Waals surface area contributed by atoms with Crippen molar-refractivity contribution < 1.29 is 4.74 Å². The van der Waals surface area contributed by atoms with Gasteiger partial charge < -0.3 is 4.74 Å². The number of ether oxygens (including phenoxy) is 1. The molecule has 0 heterocycles. The van der Waals surface area contributed by atoms with E-state index in [4.69, 9.17) is 27.9 Å². The zero-order valence-electron chi connectivity index (χ0n) is 11.0. The van der Waals surface area contributed by atoms with Crippen molar-refractivity contribution in [2.45, 2.75) is 32.5 Å². The lowest BCUT2D eigenvalue weighted by Crippen LogP contribution is -2.12. The first-order valence-electron chi connectivity index (χ1n) is 6.10. The standard InChI is InChI=1S/C14H19BrCl2O/c1-9(2)4-10(3)8-18-14-11(7-15)5-12(16)6-13(14)17/h5-6,9-10H,4,7-8H2,1-3H3. The first kappa shape index (κ1) is 16.1. The summed E-state index contributed by atoms with van der Waals surface area (Å²) in [5.74, 6) is 1.94. The smallest absolute Gasteiger partial charge is 0.142 e. The number of benzene rings is 1. The number of halogens is 3. The van der Waals surface area contributed by atoms with Crippen LogP contribution in [0.2, 0.25) is 10.0 Å². The molecule has 0 radical (unpaired) electrons. The highest BCUT2D eigenvalue weighted by atomic mass is 79.9. The maximum Gasteiger partial charge on any atom is 0.142 e. The van der Waals surface area contributed by atoms with Crippen LogP contribution in [0.3, 0.4) is 0 Å². The minimum absolute atomic E-state index is 0.514. The van der Waals surface area contributed by atoms with Crippen LogP contribution in [0.15, 0.2) is 12.1 Å². The normalized spacial score (nSPS) is 12.8. The van der Waals surface area contributed by atoms with E-state index in [1.165, 1.54) is 0 Å². The Labute approximate surface area is 128 Å². The monoisotopic (exact) mass is 352 g/mol. The third kappa shape index (κ3) is 4.99. The molecular formula is C14H19BrCl2O. The third-order valence-corrected chi connectivity index (χ3v) is 3.72. The molecule has 0 fully saturated rings. The van der Waals surface area contributed by atoms with E-state index in [9.17, 15) is 0 Å². The molecule has 0 aliphatic heterocycles. The Balaban J connectivity index is 2.72. The topological polar surface area (TPSA) is 9.23 Å². The Kier molecular flexibility index (Phi) is 6.83. The van der Waals surface area contributed by atoms with Crippen molar-refractivity contribution in [2.24, 2.45) is 11.8 Å². The molecule has 0 aromatic heterocycles. The third-order valence-electron chi connectivity index (χ3n) is 2.62. The second-order valence-corrected chi connectivity index (χ2v) is 6.46. The summed E-state index contributed by atoms with van der Waals surface area (Å²) in [6, 6.07) is 3.60. The van der Waals surface area contributed by atoms with Gasteiger partial charge in [0.1, 0.15) is 5.75 Å². The number of hydrogen-bond donors (Lipinski definition) is 0. The molecule has 0 spiro atoms. The Morgan fingerprint density at radius 1 is 1.22 bits per heavy atom. The first-order valence-corrected chi connectivity index (χ1v) is 7.98. The SMILES string of the molecule is CC(C)CC(C)COc1c(Cl)cc(Cl)cc1CBr. The molecule has 0 saturated heterocycles. The maximum atomic E-state index is 6.17. The van der Waals surface area contributed by atoms with Gasteiger partial charge in [-0.3, -0.25) is 0 Å². The van der Waals surface area contributed by atoms with Crippen molar-refractivity contribution in [1.29, 1.82) is 0 Å². The molecule has 102 valence electrons. The predicted molar refractivity (Wildman–Crippen MR) is 83.2 cm³/mol. The van der Waals surface area contributed by atoms with E-state index in [1.54, 1.807) is 6.07 Å². The lowest BCUT2D eigenvalue weighted by molar-refractivity contribution is 0.238. The van der Waals surface area contributed by atoms with Crippen LogP contribution >= 0.6 is 39.1 Å². The van der Waals surface area contributed by atoms with Crippen molar-refractivity contribution in [3.63, 3.8) is 0 Å². The quantitative estimate of drug-likeness (QED) is 0.574. The van der Waals surface area contributed by atoms with E-state index < -0.39 is 0 Å². The van der Waals surface area contributed by atoms with Gasteiger partial charge in [0, 0.05) is 15.9 Å². The van der Waals surface area contributed by atoms with Gasteiger partial charge in [-0.2, -0.15) is 0 Å². The Morgan fingerprint density at radius 3 is 2.44 bits per heavy atom. The molecule has 0 aliphatic rings. The van der Waals surface area contributed by atoms with E-state index in [0.29, 0.717) is 33.8 Å². The molecule has 0 bridgehead atoms. The van der Waals surface area contributed by atoms with Crippen LogP contribution in [0.1, 0.15) is 32.8 Å². The van der Waals surface area contributed by atoms with Gasteiger partial charge in [-0.1, -0.05) is 59.9 Å². The molecule has 18 heavy (non-hydrogen) atoms. The fraction of sp³-hybridized carbons (Fsp3) is 0.571. The average Bonchev–Trinajstić information content (AvgIpc) is 2.25. The predicted octanol–water partition coefficient (Wildman–Crippen LogP) is 5.95. The molecule has 1 rings (SSSR count). The summed E-state index contributed by atoms with van der Waals surface area (Å²) in [5.41, 5.74) is 0.990. The maximum absolute atomic E-state index is 6.17. The van der Waals surface area contributed by atoms with Crippen LogP contribution in [0, 0.1) is 11.8 Å². The highest BCUT2D eigenvalue weighted by Gasteiger charge is 2.12. The van der Waals surface area contributed by atoms with Crippen molar-refractivity contribution in [3.8, 4) is 5.75 Å². The first-order chi connectivity index (χ1) is 8.43. The van der Waals surface area contributed by atoms with Gasteiger partial charge in [0.25, 0.3) is 0 Å². The van der Waals surface area contributed by atoms with Crippen LogP contribution in [0.4, 0.5) is 0 Å². The Morgan fingerprint density at radius 2 is 1.89 bits per heavy atom. The minimum Gasteiger partial charge on any atom is -0.491 e. The van der Waals surface area contributed by atoms with Crippen LogP contribution in [-0.4, -0.2) is 6.61 Å². The molecule has 4 heteroatoms. The highest BCUT2D eigenvalue weighted by Crippen LogP contribution is 2.34. The van der Waals surface area contributed by atoms with Gasteiger partial charge in [0.15, 0.2) is 0 Å². The molecular weight excluding hydrogens is 335 g/mol. The molecule has 0 saturated carbocycles. The molecule has 1 unspecified atom stereocenters. The zero-order chi connectivity index (χ0) is 13.7. The lowest BCUT2D eigenvalue weighted by atomic mass is 10.00. The molecule has 0 N–H and O–H groups in total. The van der Waals surface area contributed by atoms with E-state index >= 15 is 0 Å². The van der Waals surface area contributed by atoms with E-state index in [2.05, 4.69) is 36.7 Å². The van der Waals surface area contributed by atoms with E-state index in [0.717, 1.165) is 17.7 Å². The van der Waals surface area contributed by atoms with Crippen LogP contribution in [0.5, 0.6) is 5.75 Å². The molecule has 1 aromatic carbocycles. The van der Waals surface area contributed by atoms with Crippen LogP contribution in [-0.2, 0) is 5.33 Å². The lowest BCUT2D eigenvalue weighted by Gasteiger charge is -2.17. The summed E-state index contributed by atoms with van der Waals surface area (Å²) >= 11 is 15.6. The highest BCUT2D eigenvalue weighted by molar-refractivity contribution is 9.08. The van der Waals surface area contributed by atoms with Gasteiger partial charge in [-0.25, -0.2) is 0 Å². The Bertz CT molecular complexity index is 394. The summed E-state index contributed by atoms with van der Waals surface area (Å²) in [7, 11) is 0. The molecule has 1 aromatic rings. The summed E-state index contributed by atoms with van der Waals surface area (Å²) in [4.78, 5) is 0. The largest absolute Gasteiger partial charge is 0.491 e. The van der Waals surface area contributed by atoms with Gasteiger partial charge in [-0.15, -0.1) is 0 Å². The van der Waals surface area contributed by atoms with Gasteiger partial charge >= 0.3 is 0 Å². The van der Waals surface area contributed by atoms with Gasteiger partial charge in [0.2, 0.25) is 0 Å². The van der Waals surface area contributed by atoms with Gasteiger partial charge in [-0.05, 0) is 30.4 Å². The summed E-state index contributed by atoms with van der Waals surface area (Å²) in [6.45, 7) is 7.31. The average molecular weight is 354 g/mol. The minimum atomic E-state index is 0.514. The summed E-state index contributed by atoms with van der Waals surface area (Å²) < 4.78 is 5.86.